The van der Waals surface area contributed by atoms with E-state index in [1.807, 2.05) is 25.1 Å². The van der Waals surface area contributed by atoms with E-state index in [0.717, 1.165) is 37.6 Å². The summed E-state index contributed by atoms with van der Waals surface area (Å²) >= 11 is 0. The maximum absolute atomic E-state index is 13.2. The quantitative estimate of drug-likeness (QED) is 0.555. The maximum Gasteiger partial charge on any atom is 0.340 e. The minimum Gasteiger partial charge on any atom is -0.497 e. The molecule has 2 heterocycles. The summed E-state index contributed by atoms with van der Waals surface area (Å²) in [7, 11) is 1.67. The number of ketones is 1. The Morgan fingerprint density at radius 2 is 1.87 bits per heavy atom. The predicted octanol–water partition coefficient (Wildman–Crippen LogP) is 3.21. The van der Waals surface area contributed by atoms with E-state index in [4.69, 9.17) is 9.47 Å². The van der Waals surface area contributed by atoms with E-state index in [9.17, 15) is 9.59 Å². The summed E-state index contributed by atoms with van der Waals surface area (Å²) in [5.74, 6) is 0.455. The Bertz CT molecular complexity index is 913. The normalized spacial score (nSPS) is 15.7. The summed E-state index contributed by atoms with van der Waals surface area (Å²) in [4.78, 5) is 33.0. The van der Waals surface area contributed by atoms with Crippen LogP contribution in [0.5, 0.6) is 5.75 Å². The summed E-state index contributed by atoms with van der Waals surface area (Å²) in [5.41, 5.74) is 3.43. The van der Waals surface area contributed by atoms with Gasteiger partial charge in [-0.25, -0.2) is 4.79 Å². The number of H-pyrrole nitrogens is 1. The first kappa shape index (κ1) is 21.9. The third kappa shape index (κ3) is 4.36. The summed E-state index contributed by atoms with van der Waals surface area (Å²) < 4.78 is 10.5. The predicted molar refractivity (Wildman–Crippen MR) is 117 cm³/mol. The van der Waals surface area contributed by atoms with Crippen molar-refractivity contribution in [2.75, 3.05) is 44.8 Å². The number of aromatic nitrogens is 1. The minimum atomic E-state index is -0.387. The molecule has 1 aromatic heterocycles. The lowest BCUT2D eigenvalue weighted by Crippen LogP contribution is -2.51. The maximum atomic E-state index is 13.2. The van der Waals surface area contributed by atoms with Gasteiger partial charge in [-0.15, -0.1) is 0 Å². The van der Waals surface area contributed by atoms with Gasteiger partial charge in [0.2, 0.25) is 0 Å². The zero-order valence-corrected chi connectivity index (χ0v) is 18.4. The van der Waals surface area contributed by atoms with Gasteiger partial charge < -0.3 is 19.4 Å². The molecule has 1 N–H and O–H groups in total. The van der Waals surface area contributed by atoms with Gasteiger partial charge in [-0.3, -0.25) is 9.69 Å². The number of rotatable bonds is 7. The van der Waals surface area contributed by atoms with E-state index in [-0.39, 0.29) is 17.8 Å². The molecular weight excluding hydrogens is 382 g/mol. The molecular formula is C23H31N3O4. The van der Waals surface area contributed by atoms with Crippen LogP contribution in [-0.2, 0) is 4.74 Å². The van der Waals surface area contributed by atoms with Gasteiger partial charge >= 0.3 is 5.97 Å². The number of benzene rings is 1. The largest absolute Gasteiger partial charge is 0.497 e. The van der Waals surface area contributed by atoms with Crippen LogP contribution in [0.3, 0.4) is 0 Å². The van der Waals surface area contributed by atoms with Crippen LogP contribution < -0.4 is 9.64 Å². The molecule has 0 bridgehead atoms. The third-order valence-corrected chi connectivity index (χ3v) is 5.82. The first-order chi connectivity index (χ1) is 14.4. The Morgan fingerprint density at radius 3 is 2.50 bits per heavy atom. The molecule has 7 nitrogen and oxygen atoms in total. The van der Waals surface area contributed by atoms with E-state index in [1.165, 1.54) is 0 Å². The first-order valence-corrected chi connectivity index (χ1v) is 10.4. The highest BCUT2D eigenvalue weighted by Crippen LogP contribution is 2.24. The molecule has 0 spiro atoms. The Balaban J connectivity index is 1.68. The van der Waals surface area contributed by atoms with Gasteiger partial charge in [-0.2, -0.15) is 0 Å². The van der Waals surface area contributed by atoms with Crippen LogP contribution in [0.2, 0.25) is 0 Å². The Hall–Kier alpha value is -2.80. The average molecular weight is 414 g/mol. The minimum absolute atomic E-state index is 0.000906. The fraction of sp³-hybridized carbons (Fsp3) is 0.478. The second-order valence-electron chi connectivity index (χ2n) is 7.61. The number of carbonyl (C=O) groups excluding carboxylic acids is 2. The van der Waals surface area contributed by atoms with Crippen LogP contribution in [0.4, 0.5) is 5.69 Å². The van der Waals surface area contributed by atoms with Crippen LogP contribution in [0, 0.1) is 13.8 Å². The van der Waals surface area contributed by atoms with Crippen molar-refractivity contribution in [3.63, 3.8) is 0 Å². The Morgan fingerprint density at radius 1 is 1.17 bits per heavy atom. The van der Waals surface area contributed by atoms with Crippen molar-refractivity contribution >= 4 is 17.4 Å². The molecule has 1 aliphatic rings. The lowest BCUT2D eigenvalue weighted by Gasteiger charge is -2.38. The molecule has 1 aliphatic heterocycles. The van der Waals surface area contributed by atoms with Gasteiger partial charge in [-0.05, 0) is 45.4 Å². The number of ether oxygens (including phenoxy) is 2. The smallest absolute Gasteiger partial charge is 0.340 e. The van der Waals surface area contributed by atoms with Gasteiger partial charge in [0.05, 0.1) is 31.0 Å². The molecule has 1 aromatic carbocycles. The van der Waals surface area contributed by atoms with E-state index < -0.39 is 0 Å². The van der Waals surface area contributed by atoms with Gasteiger partial charge in [-0.1, -0.05) is 6.07 Å². The third-order valence-electron chi connectivity index (χ3n) is 5.82. The molecule has 1 saturated heterocycles. The molecule has 1 fully saturated rings. The summed E-state index contributed by atoms with van der Waals surface area (Å²) in [6.45, 7) is 10.9. The Kier molecular flexibility index (Phi) is 6.82. The highest BCUT2D eigenvalue weighted by atomic mass is 16.5. The molecule has 162 valence electrons. The van der Waals surface area contributed by atoms with Crippen molar-refractivity contribution in [3.05, 3.63) is 46.8 Å². The molecule has 0 aliphatic carbocycles. The number of aryl methyl sites for hydroxylation is 1. The number of methoxy groups -OCH3 is 1. The van der Waals surface area contributed by atoms with Crippen LogP contribution in [-0.4, -0.2) is 67.6 Å². The number of Topliss-reactive ketones (excluding diaryl/α,β-unsaturated/α-hetero) is 1. The molecule has 30 heavy (non-hydrogen) atoms. The first-order valence-electron chi connectivity index (χ1n) is 10.4. The monoisotopic (exact) mass is 413 g/mol. The van der Waals surface area contributed by atoms with E-state index in [1.54, 1.807) is 27.9 Å². The molecule has 0 radical (unpaired) electrons. The van der Waals surface area contributed by atoms with Crippen molar-refractivity contribution in [1.82, 2.24) is 9.88 Å². The van der Waals surface area contributed by atoms with Crippen LogP contribution >= 0.6 is 0 Å². The molecule has 3 rings (SSSR count). The second-order valence-corrected chi connectivity index (χ2v) is 7.61. The zero-order chi connectivity index (χ0) is 21.8. The van der Waals surface area contributed by atoms with Crippen LogP contribution in [0.1, 0.15) is 46.0 Å². The number of nitrogens with zero attached hydrogens (tertiary/aromatic N) is 2. The average Bonchev–Trinajstić information content (AvgIpc) is 3.07. The standard InChI is InChI=1S/C23H31N3O4/c1-6-30-23(28)20-15(2)21(24-16(20)3)22(27)17(4)25-10-12-26(13-11-25)18-8-7-9-19(14-18)29-5/h7-9,14,17,24H,6,10-13H2,1-5H3/t17-/m1/s1. The van der Waals surface area contributed by atoms with Crippen LogP contribution in [0.15, 0.2) is 24.3 Å². The summed E-state index contributed by atoms with van der Waals surface area (Å²) in [5, 5.41) is 0. The van der Waals surface area contributed by atoms with Gasteiger partial charge in [0.15, 0.2) is 5.78 Å². The van der Waals surface area contributed by atoms with Crippen molar-refractivity contribution in [2.45, 2.75) is 33.7 Å². The highest BCUT2D eigenvalue weighted by Gasteiger charge is 2.30. The number of carbonyl (C=O) groups is 2. The Labute approximate surface area is 178 Å². The highest BCUT2D eigenvalue weighted by molar-refractivity contribution is 6.03. The van der Waals surface area contributed by atoms with Gasteiger partial charge in [0, 0.05) is 43.6 Å². The molecule has 0 saturated carbocycles. The van der Waals surface area contributed by atoms with Crippen molar-refractivity contribution in [2.24, 2.45) is 0 Å². The second kappa shape index (κ2) is 9.34. The summed E-state index contributed by atoms with van der Waals surface area (Å²) in [6.07, 6.45) is 0. The lowest BCUT2D eigenvalue weighted by atomic mass is 10.0. The number of piperazine rings is 1. The summed E-state index contributed by atoms with van der Waals surface area (Å²) in [6, 6.07) is 7.76. The SMILES string of the molecule is CCOC(=O)c1c(C)[nH]c(C(=O)[C@@H](C)N2CCN(c3cccc(OC)c3)CC2)c1C. The van der Waals surface area contributed by atoms with E-state index in [2.05, 4.69) is 20.9 Å². The molecule has 7 heteroatoms. The van der Waals surface area contributed by atoms with Gasteiger partial charge in [0.1, 0.15) is 5.75 Å². The number of aromatic amines is 1. The van der Waals surface area contributed by atoms with E-state index in [0.29, 0.717) is 29.1 Å². The lowest BCUT2D eigenvalue weighted by molar-refractivity contribution is 0.0525. The van der Waals surface area contributed by atoms with Crippen molar-refractivity contribution in [1.29, 1.82) is 0 Å². The number of nitrogens with one attached hydrogen (secondary N) is 1. The zero-order valence-electron chi connectivity index (χ0n) is 18.4. The van der Waals surface area contributed by atoms with Crippen molar-refractivity contribution < 1.29 is 19.1 Å². The topological polar surface area (TPSA) is 74.9 Å². The van der Waals surface area contributed by atoms with Crippen LogP contribution in [0.25, 0.3) is 0 Å². The molecule has 1 atom stereocenters. The van der Waals surface area contributed by atoms with Gasteiger partial charge in [0.25, 0.3) is 0 Å². The number of hydrogen-bond donors (Lipinski definition) is 1. The molecule has 0 unspecified atom stereocenters. The fourth-order valence-corrected chi connectivity index (χ4v) is 4.06. The van der Waals surface area contributed by atoms with E-state index >= 15 is 0 Å². The molecule has 2 aromatic rings. The number of anilines is 1. The number of hydrogen-bond acceptors (Lipinski definition) is 6. The number of esters is 1. The van der Waals surface area contributed by atoms with Crippen molar-refractivity contribution in [3.8, 4) is 5.75 Å². The fourth-order valence-electron chi connectivity index (χ4n) is 4.06. The molecule has 0 amide bonds.